The highest BCUT2D eigenvalue weighted by Gasteiger charge is 2.29. The highest BCUT2D eigenvalue weighted by atomic mass is 16.5. The molecule has 0 radical (unpaired) electrons. The smallest absolute Gasteiger partial charge is 0.0991 e. The molecule has 2 aromatic rings. The Labute approximate surface area is 126 Å². The van der Waals surface area contributed by atoms with E-state index in [0.29, 0.717) is 6.04 Å². The van der Waals surface area contributed by atoms with E-state index in [9.17, 15) is 0 Å². The first-order valence-electron chi connectivity index (χ1n) is 7.55. The Morgan fingerprint density at radius 1 is 1.05 bits per heavy atom. The molecule has 0 saturated carbocycles. The van der Waals surface area contributed by atoms with Gasteiger partial charge in [0.1, 0.15) is 0 Å². The zero-order chi connectivity index (χ0) is 14.5. The van der Waals surface area contributed by atoms with Gasteiger partial charge in [-0.25, -0.2) is 5.01 Å². The van der Waals surface area contributed by atoms with Gasteiger partial charge in [-0.15, -0.1) is 0 Å². The third-order valence-electron chi connectivity index (χ3n) is 4.02. The van der Waals surface area contributed by atoms with Crippen LogP contribution in [0.5, 0.6) is 0 Å². The lowest BCUT2D eigenvalue weighted by atomic mass is 10.0. The quantitative estimate of drug-likeness (QED) is 0.932. The number of hydrazine groups is 1. The van der Waals surface area contributed by atoms with Gasteiger partial charge in [-0.05, 0) is 18.1 Å². The Kier molecular flexibility index (Phi) is 4.65. The van der Waals surface area contributed by atoms with Gasteiger partial charge in [0, 0.05) is 13.1 Å². The molecule has 1 saturated heterocycles. The minimum absolute atomic E-state index is 0.128. The Morgan fingerprint density at radius 3 is 2.43 bits per heavy atom. The lowest BCUT2D eigenvalue weighted by Crippen LogP contribution is -2.52. The Morgan fingerprint density at radius 2 is 1.71 bits per heavy atom. The topological polar surface area (TPSA) is 24.5 Å². The van der Waals surface area contributed by atoms with Crippen LogP contribution >= 0.6 is 0 Å². The number of hydrogen-bond acceptors (Lipinski definition) is 3. The molecule has 0 spiro atoms. The molecular weight excluding hydrogens is 260 g/mol. The standard InChI is InChI=1S/C18H22N2O/c1-15-18(17-10-6-3-7-11-17)21-13-12-20(15)19-14-16-8-4-2-5-9-16/h2-11,15,18-19H,12-14H2,1H3/t15-,18-/m1/s1. The van der Waals surface area contributed by atoms with Crippen LogP contribution in [0, 0.1) is 0 Å². The summed E-state index contributed by atoms with van der Waals surface area (Å²) < 4.78 is 5.98. The second-order valence-electron chi connectivity index (χ2n) is 5.46. The number of rotatable bonds is 4. The van der Waals surface area contributed by atoms with E-state index >= 15 is 0 Å². The number of hydrogen-bond donors (Lipinski definition) is 1. The van der Waals surface area contributed by atoms with E-state index in [-0.39, 0.29) is 6.10 Å². The molecule has 1 aliphatic heterocycles. The molecule has 110 valence electrons. The van der Waals surface area contributed by atoms with Gasteiger partial charge in [0.25, 0.3) is 0 Å². The molecule has 2 atom stereocenters. The maximum Gasteiger partial charge on any atom is 0.0991 e. The summed E-state index contributed by atoms with van der Waals surface area (Å²) in [6.07, 6.45) is 0.128. The van der Waals surface area contributed by atoms with Gasteiger partial charge in [-0.1, -0.05) is 60.7 Å². The molecule has 1 aliphatic rings. The average molecular weight is 282 g/mol. The summed E-state index contributed by atoms with van der Waals surface area (Å²) in [6, 6.07) is 21.3. The van der Waals surface area contributed by atoms with E-state index in [1.807, 2.05) is 12.1 Å². The fourth-order valence-electron chi connectivity index (χ4n) is 2.81. The van der Waals surface area contributed by atoms with E-state index in [2.05, 4.69) is 65.9 Å². The molecule has 0 bridgehead atoms. The summed E-state index contributed by atoms with van der Waals surface area (Å²) in [4.78, 5) is 0. The zero-order valence-corrected chi connectivity index (χ0v) is 12.4. The second-order valence-corrected chi connectivity index (χ2v) is 5.46. The number of benzene rings is 2. The maximum atomic E-state index is 5.98. The van der Waals surface area contributed by atoms with Crippen LogP contribution in [0.25, 0.3) is 0 Å². The molecule has 21 heavy (non-hydrogen) atoms. The van der Waals surface area contributed by atoms with Crippen molar-refractivity contribution in [1.29, 1.82) is 0 Å². The van der Waals surface area contributed by atoms with E-state index in [4.69, 9.17) is 4.74 Å². The van der Waals surface area contributed by atoms with Gasteiger partial charge in [0.15, 0.2) is 0 Å². The van der Waals surface area contributed by atoms with Crippen LogP contribution in [0.2, 0.25) is 0 Å². The van der Waals surface area contributed by atoms with Crippen LogP contribution < -0.4 is 5.43 Å². The lowest BCUT2D eigenvalue weighted by Gasteiger charge is -2.39. The van der Waals surface area contributed by atoms with Crippen LogP contribution in [0.3, 0.4) is 0 Å². The fourth-order valence-corrected chi connectivity index (χ4v) is 2.81. The van der Waals surface area contributed by atoms with Crippen molar-refractivity contribution in [3.05, 3.63) is 71.8 Å². The third kappa shape index (κ3) is 3.50. The summed E-state index contributed by atoms with van der Waals surface area (Å²) in [5, 5.41) is 2.30. The van der Waals surface area contributed by atoms with Crippen molar-refractivity contribution in [3.63, 3.8) is 0 Å². The van der Waals surface area contributed by atoms with Gasteiger partial charge in [-0.2, -0.15) is 0 Å². The van der Waals surface area contributed by atoms with Crippen molar-refractivity contribution in [1.82, 2.24) is 10.4 Å². The molecule has 0 amide bonds. The van der Waals surface area contributed by atoms with E-state index in [1.165, 1.54) is 11.1 Å². The normalized spacial score (nSPS) is 23.1. The zero-order valence-electron chi connectivity index (χ0n) is 12.4. The first-order chi connectivity index (χ1) is 10.3. The minimum Gasteiger partial charge on any atom is -0.370 e. The number of nitrogens with one attached hydrogen (secondary N) is 1. The highest BCUT2D eigenvalue weighted by Crippen LogP contribution is 2.27. The predicted octanol–water partition coefficient (Wildman–Crippen LogP) is 3.15. The van der Waals surface area contributed by atoms with Gasteiger partial charge in [-0.3, -0.25) is 5.43 Å². The van der Waals surface area contributed by atoms with Gasteiger partial charge in [0.05, 0.1) is 18.8 Å². The van der Waals surface area contributed by atoms with Crippen LogP contribution in [0.4, 0.5) is 0 Å². The maximum absolute atomic E-state index is 5.98. The molecule has 0 aromatic heterocycles. The molecule has 0 aliphatic carbocycles. The Bertz CT molecular complexity index is 544. The molecule has 1 fully saturated rings. The van der Waals surface area contributed by atoms with Crippen LogP contribution in [0.1, 0.15) is 24.2 Å². The molecule has 3 heteroatoms. The summed E-state index contributed by atoms with van der Waals surface area (Å²) in [5.41, 5.74) is 6.09. The Hall–Kier alpha value is -1.68. The van der Waals surface area contributed by atoms with E-state index in [0.717, 1.165) is 19.7 Å². The Balaban J connectivity index is 1.64. The predicted molar refractivity (Wildman–Crippen MR) is 84.6 cm³/mol. The molecule has 1 N–H and O–H groups in total. The lowest BCUT2D eigenvalue weighted by molar-refractivity contribution is -0.0880. The summed E-state index contributed by atoms with van der Waals surface area (Å²) >= 11 is 0. The minimum atomic E-state index is 0.128. The van der Waals surface area contributed by atoms with Crippen molar-refractivity contribution in [2.45, 2.75) is 25.6 Å². The van der Waals surface area contributed by atoms with Crippen LogP contribution in [0.15, 0.2) is 60.7 Å². The third-order valence-corrected chi connectivity index (χ3v) is 4.02. The molecular formula is C18H22N2O. The second kappa shape index (κ2) is 6.85. The van der Waals surface area contributed by atoms with Crippen LogP contribution in [-0.4, -0.2) is 24.2 Å². The van der Waals surface area contributed by atoms with Crippen molar-refractivity contribution >= 4 is 0 Å². The highest BCUT2D eigenvalue weighted by molar-refractivity contribution is 5.19. The van der Waals surface area contributed by atoms with E-state index < -0.39 is 0 Å². The number of ether oxygens (including phenoxy) is 1. The average Bonchev–Trinajstić information content (AvgIpc) is 2.56. The molecule has 0 unspecified atom stereocenters. The molecule has 3 nitrogen and oxygen atoms in total. The van der Waals surface area contributed by atoms with Crippen molar-refractivity contribution in [3.8, 4) is 0 Å². The van der Waals surface area contributed by atoms with Gasteiger partial charge in [0.2, 0.25) is 0 Å². The SMILES string of the molecule is C[C@@H]1[C@H](c2ccccc2)OCCN1NCc1ccccc1. The van der Waals surface area contributed by atoms with E-state index in [1.54, 1.807) is 0 Å². The first-order valence-corrected chi connectivity index (χ1v) is 7.55. The number of nitrogens with zero attached hydrogens (tertiary/aromatic N) is 1. The fraction of sp³-hybridized carbons (Fsp3) is 0.333. The molecule has 3 rings (SSSR count). The monoisotopic (exact) mass is 282 g/mol. The number of morpholine rings is 1. The van der Waals surface area contributed by atoms with Crippen molar-refractivity contribution < 1.29 is 4.74 Å². The largest absolute Gasteiger partial charge is 0.370 e. The van der Waals surface area contributed by atoms with Gasteiger partial charge >= 0.3 is 0 Å². The summed E-state index contributed by atoms with van der Waals surface area (Å²) in [7, 11) is 0. The summed E-state index contributed by atoms with van der Waals surface area (Å²) in [6.45, 7) is 4.74. The first kappa shape index (κ1) is 14.3. The molecule has 2 aromatic carbocycles. The summed E-state index contributed by atoms with van der Waals surface area (Å²) in [5.74, 6) is 0. The van der Waals surface area contributed by atoms with Crippen molar-refractivity contribution in [2.24, 2.45) is 0 Å². The van der Waals surface area contributed by atoms with Crippen molar-refractivity contribution in [2.75, 3.05) is 13.2 Å². The van der Waals surface area contributed by atoms with Gasteiger partial charge < -0.3 is 4.74 Å². The molecule has 1 heterocycles. The van der Waals surface area contributed by atoms with Crippen LogP contribution in [-0.2, 0) is 11.3 Å².